The fourth-order valence-corrected chi connectivity index (χ4v) is 3.05. The summed E-state index contributed by atoms with van der Waals surface area (Å²) in [6, 6.07) is 18.8. The first-order chi connectivity index (χ1) is 12.1. The van der Waals surface area contributed by atoms with E-state index in [1.165, 1.54) is 17.0 Å². The third kappa shape index (κ3) is 5.14. The van der Waals surface area contributed by atoms with Crippen LogP contribution in [0.2, 0.25) is 0 Å². The van der Waals surface area contributed by atoms with E-state index in [2.05, 4.69) is 73.3 Å². The Hall–Kier alpha value is -2.22. The Morgan fingerprint density at radius 3 is 2.04 bits per heavy atom. The number of rotatable bonds is 3. The Bertz CT molecular complexity index is 806. The smallest absolute Gasteiger partial charge is 0.209 e. The van der Waals surface area contributed by atoms with E-state index < -0.39 is 10.2 Å². The summed E-state index contributed by atoms with van der Waals surface area (Å²) in [5, 5.41) is 3.33. The zero-order valence-corrected chi connectivity index (χ0v) is 15.6. The Balaban J connectivity index is 0.000000431. The van der Waals surface area contributed by atoms with Crippen molar-refractivity contribution in [3.63, 3.8) is 0 Å². The van der Waals surface area contributed by atoms with Gasteiger partial charge in [-0.05, 0) is 26.0 Å². The number of allylic oxidation sites excluding steroid dienone is 1. The molecule has 2 aromatic carbocycles. The molecule has 2 aromatic rings. The molecule has 0 amide bonds. The first kappa shape index (κ1) is 20.1. The van der Waals surface area contributed by atoms with E-state index in [0.717, 1.165) is 5.69 Å². The largest absolute Gasteiger partial charge is 0.361 e. The van der Waals surface area contributed by atoms with Gasteiger partial charge < -0.3 is 5.32 Å². The van der Waals surface area contributed by atoms with E-state index in [0.29, 0.717) is 0 Å². The van der Waals surface area contributed by atoms with Crippen LogP contribution < -0.4 is 24.0 Å². The molecule has 1 aliphatic heterocycles. The van der Waals surface area contributed by atoms with Crippen molar-refractivity contribution < 1.29 is 33.5 Å². The molecule has 1 aliphatic rings. The van der Waals surface area contributed by atoms with Crippen molar-refractivity contribution in [2.45, 2.75) is 19.3 Å². The molecule has 0 radical (unpaired) electrons. The Morgan fingerprint density at radius 2 is 1.46 bits per heavy atom. The summed E-state index contributed by atoms with van der Waals surface area (Å²) in [6.45, 7) is 4.55. The molecule has 0 spiro atoms. The normalized spacial score (nSPS) is 15.5. The maximum absolute atomic E-state index is 8.49. The number of halogens is 1. The SMILES string of the molecule is C[N+]1=C(/C=C/Nc2ccccc2)C(C)(C)c2ccccc21.[O-][Cl+3]([O-])([O-])[O-]. The average molecular weight is 377 g/mol. The predicted octanol–water partition coefficient (Wildman–Crippen LogP) is -0.438. The molecule has 6 nitrogen and oxygen atoms in total. The van der Waals surface area contributed by atoms with Gasteiger partial charge in [0.2, 0.25) is 5.69 Å². The van der Waals surface area contributed by atoms with E-state index in [1.807, 2.05) is 24.4 Å². The van der Waals surface area contributed by atoms with Crippen molar-refractivity contribution in [2.24, 2.45) is 0 Å². The lowest BCUT2D eigenvalue weighted by atomic mass is 9.81. The number of hydrogen-bond acceptors (Lipinski definition) is 5. The predicted molar refractivity (Wildman–Crippen MR) is 89.5 cm³/mol. The fourth-order valence-electron chi connectivity index (χ4n) is 3.05. The first-order valence-electron chi connectivity index (χ1n) is 7.91. The van der Waals surface area contributed by atoms with Gasteiger partial charge in [-0.1, -0.05) is 36.4 Å². The fraction of sp³-hybridized carbons (Fsp3) is 0.211. The van der Waals surface area contributed by atoms with Crippen molar-refractivity contribution in [1.82, 2.24) is 0 Å². The number of benzene rings is 2. The molecule has 0 bridgehead atoms. The zero-order valence-electron chi connectivity index (χ0n) is 14.8. The molecule has 0 saturated carbocycles. The van der Waals surface area contributed by atoms with Gasteiger partial charge in [-0.15, -0.1) is 10.2 Å². The molecule has 7 heteroatoms. The number of fused-ring (bicyclic) bond motifs is 1. The monoisotopic (exact) mass is 376 g/mol. The van der Waals surface area contributed by atoms with Crippen molar-refractivity contribution in [3.05, 3.63) is 72.4 Å². The first-order valence-corrected chi connectivity index (χ1v) is 9.14. The van der Waals surface area contributed by atoms with Gasteiger partial charge >= 0.3 is 0 Å². The van der Waals surface area contributed by atoms with E-state index in [1.54, 1.807) is 0 Å². The molecule has 0 fully saturated rings. The Morgan fingerprint density at radius 1 is 0.923 bits per heavy atom. The molecule has 0 aromatic heterocycles. The summed E-state index contributed by atoms with van der Waals surface area (Å²) < 4.78 is 36.2. The summed E-state index contributed by atoms with van der Waals surface area (Å²) in [5.41, 5.74) is 5.10. The van der Waals surface area contributed by atoms with Crippen LogP contribution in [0.15, 0.2) is 66.9 Å². The van der Waals surface area contributed by atoms with Crippen LogP contribution in [0.4, 0.5) is 11.4 Å². The Kier molecular flexibility index (Phi) is 6.17. The second-order valence-electron chi connectivity index (χ2n) is 6.31. The molecule has 3 rings (SSSR count). The quantitative estimate of drug-likeness (QED) is 0.731. The van der Waals surface area contributed by atoms with E-state index in [4.69, 9.17) is 18.6 Å². The third-order valence-corrected chi connectivity index (χ3v) is 4.21. The van der Waals surface area contributed by atoms with Gasteiger partial charge in [-0.25, -0.2) is 18.6 Å². The van der Waals surface area contributed by atoms with E-state index in [9.17, 15) is 0 Å². The second-order valence-corrected chi connectivity index (χ2v) is 7.06. The minimum absolute atomic E-state index is 0.0280. The highest BCUT2D eigenvalue weighted by Gasteiger charge is 2.42. The number of nitrogens with one attached hydrogen (secondary N) is 1. The molecular weight excluding hydrogens is 356 g/mol. The van der Waals surface area contributed by atoms with Gasteiger partial charge in [-0.2, -0.15) is 4.58 Å². The van der Waals surface area contributed by atoms with Crippen LogP contribution in [0.1, 0.15) is 19.4 Å². The van der Waals surface area contributed by atoms with Crippen molar-refractivity contribution in [2.75, 3.05) is 12.4 Å². The van der Waals surface area contributed by atoms with Crippen LogP contribution in [0.5, 0.6) is 0 Å². The number of anilines is 1. The van der Waals surface area contributed by atoms with Gasteiger partial charge in [-0.3, -0.25) is 0 Å². The molecule has 26 heavy (non-hydrogen) atoms. The molecule has 0 unspecified atom stereocenters. The van der Waals surface area contributed by atoms with E-state index in [-0.39, 0.29) is 5.41 Å². The lowest BCUT2D eigenvalue weighted by Crippen LogP contribution is -2.68. The topological polar surface area (TPSA) is 107 Å². The maximum atomic E-state index is 8.49. The van der Waals surface area contributed by atoms with Crippen LogP contribution in [-0.2, 0) is 5.41 Å². The molecule has 0 aliphatic carbocycles. The van der Waals surface area contributed by atoms with Gasteiger partial charge in [0.15, 0.2) is 5.71 Å². The van der Waals surface area contributed by atoms with Gasteiger partial charge in [0, 0.05) is 29.6 Å². The van der Waals surface area contributed by atoms with Crippen LogP contribution in [-0.4, -0.2) is 17.3 Å². The lowest BCUT2D eigenvalue weighted by Gasteiger charge is -2.17. The zero-order chi connectivity index (χ0) is 19.4. The molecule has 0 atom stereocenters. The second kappa shape index (κ2) is 7.99. The number of para-hydroxylation sites is 2. The number of nitrogens with zero attached hydrogens (tertiary/aromatic N) is 1. The summed E-state index contributed by atoms with van der Waals surface area (Å²) in [4.78, 5) is 0. The molecular formula is C19H21ClN2O4. The van der Waals surface area contributed by atoms with Crippen LogP contribution >= 0.6 is 0 Å². The number of hydrogen-bond donors (Lipinski definition) is 1. The summed E-state index contributed by atoms with van der Waals surface area (Å²) in [7, 11) is -2.81. The van der Waals surface area contributed by atoms with Gasteiger partial charge in [0.1, 0.15) is 7.05 Å². The van der Waals surface area contributed by atoms with Gasteiger partial charge in [0.25, 0.3) is 0 Å². The molecule has 1 N–H and O–H groups in total. The summed E-state index contributed by atoms with van der Waals surface area (Å²) in [6.07, 6.45) is 4.20. The molecule has 0 saturated heterocycles. The third-order valence-electron chi connectivity index (χ3n) is 4.21. The minimum Gasteiger partial charge on any atom is -0.361 e. The lowest BCUT2D eigenvalue weighted by molar-refractivity contribution is -2.00. The van der Waals surface area contributed by atoms with E-state index >= 15 is 0 Å². The van der Waals surface area contributed by atoms with Gasteiger partial charge in [0.05, 0.1) is 5.41 Å². The minimum atomic E-state index is -4.94. The van der Waals surface area contributed by atoms with Crippen molar-refractivity contribution in [3.8, 4) is 0 Å². The van der Waals surface area contributed by atoms with Crippen molar-refractivity contribution in [1.29, 1.82) is 0 Å². The highest BCUT2D eigenvalue weighted by atomic mass is 35.7. The van der Waals surface area contributed by atoms with Crippen LogP contribution in [0.25, 0.3) is 0 Å². The average Bonchev–Trinajstić information content (AvgIpc) is 2.75. The highest BCUT2D eigenvalue weighted by Crippen LogP contribution is 2.38. The van der Waals surface area contributed by atoms with Crippen LogP contribution in [0, 0.1) is 10.2 Å². The highest BCUT2D eigenvalue weighted by molar-refractivity contribution is 6.03. The Labute approximate surface area is 155 Å². The standard InChI is InChI=1S/C19H20N2.ClHO4/c1-19(2)16-11-7-8-12-17(16)21(3)18(19)13-14-20-15-9-5-4-6-10-15;2-1(3,4)5/h4-14H,1-3H3;(H,2,3,4,5). The molecule has 138 valence electrons. The maximum Gasteiger partial charge on any atom is 0.209 e. The van der Waals surface area contributed by atoms with Crippen LogP contribution in [0.3, 0.4) is 0 Å². The van der Waals surface area contributed by atoms with Crippen molar-refractivity contribution >= 4 is 17.1 Å². The summed E-state index contributed by atoms with van der Waals surface area (Å²) in [5.74, 6) is 0. The summed E-state index contributed by atoms with van der Waals surface area (Å²) >= 11 is 0. The molecule has 1 heterocycles.